The van der Waals surface area contributed by atoms with Crippen LogP contribution in [0.3, 0.4) is 0 Å². The Bertz CT molecular complexity index is 565. The first-order chi connectivity index (χ1) is 7.70. The Kier molecular flexibility index (Phi) is 3.36. The number of halogens is 1. The van der Waals surface area contributed by atoms with Gasteiger partial charge in [0, 0.05) is 17.5 Å². The van der Waals surface area contributed by atoms with Crippen molar-refractivity contribution in [3.8, 4) is 0 Å². The highest BCUT2D eigenvalue weighted by Crippen LogP contribution is 2.15. The second-order valence-electron chi connectivity index (χ2n) is 3.50. The molecule has 0 spiro atoms. The van der Waals surface area contributed by atoms with Crippen molar-refractivity contribution in [1.82, 2.24) is 9.97 Å². The molecule has 5 heteroatoms. The molecule has 4 nitrogen and oxygen atoms in total. The highest BCUT2D eigenvalue weighted by Gasteiger charge is 2.03. The summed E-state index contributed by atoms with van der Waals surface area (Å²) in [7, 11) is 0. The SMILES string of the molecule is O=c1[nH]c(CCCO)nc2cc(Br)ccc12. The number of nitrogens with zero attached hydrogens (tertiary/aromatic N) is 1. The summed E-state index contributed by atoms with van der Waals surface area (Å²) in [6, 6.07) is 5.36. The molecule has 2 rings (SSSR count). The van der Waals surface area contributed by atoms with E-state index in [0.717, 1.165) is 4.47 Å². The Balaban J connectivity index is 2.52. The minimum absolute atomic E-state index is 0.0975. The number of H-pyrrole nitrogens is 1. The summed E-state index contributed by atoms with van der Waals surface area (Å²) in [6.45, 7) is 0.0975. The lowest BCUT2D eigenvalue weighted by Gasteiger charge is -2.02. The van der Waals surface area contributed by atoms with Gasteiger partial charge in [-0.05, 0) is 24.6 Å². The fourth-order valence-corrected chi connectivity index (χ4v) is 1.87. The summed E-state index contributed by atoms with van der Waals surface area (Å²) in [6.07, 6.45) is 1.18. The zero-order valence-corrected chi connectivity index (χ0v) is 10.1. The Morgan fingerprint density at radius 1 is 1.44 bits per heavy atom. The number of aliphatic hydroxyl groups excluding tert-OH is 1. The zero-order chi connectivity index (χ0) is 11.5. The Labute approximate surface area is 100 Å². The maximum absolute atomic E-state index is 11.7. The smallest absolute Gasteiger partial charge is 0.258 e. The highest BCUT2D eigenvalue weighted by molar-refractivity contribution is 9.10. The van der Waals surface area contributed by atoms with E-state index >= 15 is 0 Å². The van der Waals surface area contributed by atoms with Crippen molar-refractivity contribution in [3.05, 3.63) is 38.9 Å². The van der Waals surface area contributed by atoms with Crippen LogP contribution >= 0.6 is 15.9 Å². The van der Waals surface area contributed by atoms with Crippen LogP contribution in [0.4, 0.5) is 0 Å². The average Bonchev–Trinajstić information content (AvgIpc) is 2.25. The first-order valence-electron chi connectivity index (χ1n) is 5.00. The molecule has 0 atom stereocenters. The quantitative estimate of drug-likeness (QED) is 0.899. The number of aryl methyl sites for hydroxylation is 1. The van der Waals surface area contributed by atoms with Gasteiger partial charge in [-0.1, -0.05) is 15.9 Å². The summed E-state index contributed by atoms with van der Waals surface area (Å²) >= 11 is 3.34. The minimum Gasteiger partial charge on any atom is -0.396 e. The fourth-order valence-electron chi connectivity index (χ4n) is 1.53. The third-order valence-corrected chi connectivity index (χ3v) is 2.78. The zero-order valence-electron chi connectivity index (χ0n) is 8.53. The number of hydrogen-bond donors (Lipinski definition) is 2. The van der Waals surface area contributed by atoms with Gasteiger partial charge in [0.1, 0.15) is 5.82 Å². The average molecular weight is 283 g/mol. The van der Waals surface area contributed by atoms with Crippen molar-refractivity contribution < 1.29 is 5.11 Å². The van der Waals surface area contributed by atoms with E-state index in [9.17, 15) is 4.79 Å². The van der Waals surface area contributed by atoms with Crippen molar-refractivity contribution >= 4 is 26.8 Å². The maximum Gasteiger partial charge on any atom is 0.258 e. The monoisotopic (exact) mass is 282 g/mol. The Hall–Kier alpha value is -1.20. The molecule has 0 fully saturated rings. The van der Waals surface area contributed by atoms with E-state index in [1.807, 2.05) is 12.1 Å². The molecular weight excluding hydrogens is 272 g/mol. The van der Waals surface area contributed by atoms with E-state index in [4.69, 9.17) is 5.11 Å². The van der Waals surface area contributed by atoms with Crippen molar-refractivity contribution in [1.29, 1.82) is 0 Å². The predicted octanol–water partition coefficient (Wildman–Crippen LogP) is 1.61. The third kappa shape index (κ3) is 2.31. The molecule has 0 aliphatic rings. The van der Waals surface area contributed by atoms with Crippen LogP contribution in [-0.2, 0) is 6.42 Å². The molecule has 0 radical (unpaired) electrons. The van der Waals surface area contributed by atoms with Gasteiger partial charge in [0.2, 0.25) is 0 Å². The topological polar surface area (TPSA) is 66.0 Å². The molecule has 84 valence electrons. The molecule has 0 unspecified atom stereocenters. The van der Waals surface area contributed by atoms with Gasteiger partial charge in [0.15, 0.2) is 0 Å². The number of nitrogens with one attached hydrogen (secondary N) is 1. The van der Waals surface area contributed by atoms with Gasteiger partial charge in [-0.3, -0.25) is 4.79 Å². The van der Waals surface area contributed by atoms with Crippen molar-refractivity contribution in [3.63, 3.8) is 0 Å². The van der Waals surface area contributed by atoms with Crippen LogP contribution in [0.2, 0.25) is 0 Å². The summed E-state index contributed by atoms with van der Waals surface area (Å²) in [4.78, 5) is 18.7. The van der Waals surface area contributed by atoms with Gasteiger partial charge < -0.3 is 10.1 Å². The van der Waals surface area contributed by atoms with Crippen molar-refractivity contribution in [2.75, 3.05) is 6.61 Å². The summed E-state index contributed by atoms with van der Waals surface area (Å²) in [5.41, 5.74) is 0.538. The molecule has 1 heterocycles. The molecule has 2 aromatic rings. The number of aromatic amines is 1. The van der Waals surface area contributed by atoms with Crippen LogP contribution < -0.4 is 5.56 Å². The van der Waals surface area contributed by atoms with Crippen LogP contribution in [0.1, 0.15) is 12.2 Å². The summed E-state index contributed by atoms with van der Waals surface area (Å²) in [5, 5.41) is 9.31. The first kappa shape index (κ1) is 11.3. The van der Waals surface area contributed by atoms with Gasteiger partial charge in [0.25, 0.3) is 5.56 Å². The van der Waals surface area contributed by atoms with Gasteiger partial charge in [-0.2, -0.15) is 0 Å². The molecule has 2 N–H and O–H groups in total. The molecule has 0 aliphatic heterocycles. The lowest BCUT2D eigenvalue weighted by Crippen LogP contribution is -2.12. The van der Waals surface area contributed by atoms with E-state index in [0.29, 0.717) is 29.6 Å². The predicted molar refractivity (Wildman–Crippen MR) is 65.5 cm³/mol. The van der Waals surface area contributed by atoms with E-state index in [1.165, 1.54) is 0 Å². The van der Waals surface area contributed by atoms with Gasteiger partial charge in [0.05, 0.1) is 10.9 Å². The molecule has 0 bridgehead atoms. The molecule has 16 heavy (non-hydrogen) atoms. The van der Waals surface area contributed by atoms with Crippen LogP contribution in [0.15, 0.2) is 27.5 Å². The molecular formula is C11H11BrN2O2. The van der Waals surface area contributed by atoms with Crippen LogP contribution in [-0.4, -0.2) is 21.7 Å². The largest absolute Gasteiger partial charge is 0.396 e. The van der Waals surface area contributed by atoms with E-state index in [2.05, 4.69) is 25.9 Å². The number of hydrogen-bond acceptors (Lipinski definition) is 3. The van der Waals surface area contributed by atoms with E-state index in [1.54, 1.807) is 6.07 Å². The van der Waals surface area contributed by atoms with Crippen LogP contribution in [0, 0.1) is 0 Å². The van der Waals surface area contributed by atoms with Gasteiger partial charge in [-0.15, -0.1) is 0 Å². The summed E-state index contributed by atoms with van der Waals surface area (Å²) < 4.78 is 0.895. The minimum atomic E-state index is -0.134. The first-order valence-corrected chi connectivity index (χ1v) is 5.79. The number of benzene rings is 1. The fraction of sp³-hybridized carbons (Fsp3) is 0.273. The molecule has 1 aromatic heterocycles. The molecule has 0 amide bonds. The van der Waals surface area contributed by atoms with Crippen LogP contribution in [0.25, 0.3) is 10.9 Å². The van der Waals surface area contributed by atoms with Gasteiger partial charge >= 0.3 is 0 Å². The second kappa shape index (κ2) is 4.76. The molecule has 0 saturated carbocycles. The van der Waals surface area contributed by atoms with Crippen LogP contribution in [0.5, 0.6) is 0 Å². The number of fused-ring (bicyclic) bond motifs is 1. The number of aliphatic hydroxyl groups is 1. The standard InChI is InChI=1S/C11H11BrN2O2/c12-7-3-4-8-9(6-7)13-10(2-1-5-15)14-11(8)16/h3-4,6,15H,1-2,5H2,(H,13,14,16). The number of aromatic nitrogens is 2. The second-order valence-corrected chi connectivity index (χ2v) is 4.42. The highest BCUT2D eigenvalue weighted by atomic mass is 79.9. The van der Waals surface area contributed by atoms with Gasteiger partial charge in [-0.25, -0.2) is 4.98 Å². The lowest BCUT2D eigenvalue weighted by atomic mass is 10.2. The molecule has 1 aromatic carbocycles. The van der Waals surface area contributed by atoms with Crippen molar-refractivity contribution in [2.45, 2.75) is 12.8 Å². The maximum atomic E-state index is 11.7. The third-order valence-electron chi connectivity index (χ3n) is 2.29. The Morgan fingerprint density at radius 3 is 3.00 bits per heavy atom. The molecule has 0 aliphatic carbocycles. The summed E-state index contributed by atoms with van der Waals surface area (Å²) in [5.74, 6) is 0.615. The Morgan fingerprint density at radius 2 is 2.25 bits per heavy atom. The van der Waals surface area contributed by atoms with E-state index in [-0.39, 0.29) is 12.2 Å². The van der Waals surface area contributed by atoms with E-state index < -0.39 is 0 Å². The number of rotatable bonds is 3. The normalized spacial score (nSPS) is 10.9. The molecule has 0 saturated heterocycles. The van der Waals surface area contributed by atoms with Crippen molar-refractivity contribution in [2.24, 2.45) is 0 Å². The lowest BCUT2D eigenvalue weighted by molar-refractivity contribution is 0.287.